The Bertz CT molecular complexity index is 540. The maximum Gasteiger partial charge on any atom is 0.260 e. The van der Waals surface area contributed by atoms with Crippen molar-refractivity contribution >= 4 is 17.5 Å². The van der Waals surface area contributed by atoms with Gasteiger partial charge in [0, 0.05) is 37.3 Å². The zero-order chi connectivity index (χ0) is 16.7. The molecule has 23 heavy (non-hydrogen) atoms. The fraction of sp³-hybridized carbons (Fsp3) is 0.529. The van der Waals surface area contributed by atoms with Crippen LogP contribution in [0.1, 0.15) is 32.6 Å². The Morgan fingerprint density at radius 2 is 2.09 bits per heavy atom. The third-order valence-electron chi connectivity index (χ3n) is 3.77. The van der Waals surface area contributed by atoms with Gasteiger partial charge in [-0.25, -0.2) is 0 Å². The van der Waals surface area contributed by atoms with Gasteiger partial charge in [0.15, 0.2) is 6.61 Å². The van der Waals surface area contributed by atoms with Gasteiger partial charge in [0.05, 0.1) is 0 Å². The highest BCUT2D eigenvalue weighted by Crippen LogP contribution is 2.18. The fourth-order valence-corrected chi connectivity index (χ4v) is 2.45. The zero-order valence-electron chi connectivity index (χ0n) is 13.6. The summed E-state index contributed by atoms with van der Waals surface area (Å²) in [6.45, 7) is 3.54. The van der Waals surface area contributed by atoms with Crippen molar-refractivity contribution in [1.29, 1.82) is 0 Å². The molecule has 1 fully saturated rings. The van der Waals surface area contributed by atoms with Crippen molar-refractivity contribution in [3.05, 3.63) is 24.3 Å². The van der Waals surface area contributed by atoms with E-state index in [2.05, 4.69) is 5.32 Å². The van der Waals surface area contributed by atoms with Crippen molar-refractivity contribution in [2.75, 3.05) is 25.0 Å². The van der Waals surface area contributed by atoms with Crippen LogP contribution in [0.15, 0.2) is 24.3 Å². The van der Waals surface area contributed by atoms with Gasteiger partial charge >= 0.3 is 0 Å². The first kappa shape index (κ1) is 17.3. The summed E-state index contributed by atoms with van der Waals surface area (Å²) >= 11 is 0. The number of hydrogen-bond donors (Lipinski definition) is 2. The number of amides is 2. The van der Waals surface area contributed by atoms with Crippen molar-refractivity contribution in [3.8, 4) is 5.75 Å². The van der Waals surface area contributed by atoms with E-state index in [1.165, 1.54) is 0 Å². The van der Waals surface area contributed by atoms with E-state index in [-0.39, 0.29) is 24.5 Å². The minimum Gasteiger partial charge on any atom is -0.484 e. The van der Waals surface area contributed by atoms with Crippen molar-refractivity contribution in [2.24, 2.45) is 5.73 Å². The van der Waals surface area contributed by atoms with E-state index in [9.17, 15) is 9.59 Å². The molecule has 1 aliphatic heterocycles. The topological polar surface area (TPSA) is 84.7 Å². The van der Waals surface area contributed by atoms with Crippen molar-refractivity contribution in [3.63, 3.8) is 0 Å². The molecule has 0 radical (unpaired) electrons. The van der Waals surface area contributed by atoms with E-state index in [1.54, 1.807) is 24.3 Å². The van der Waals surface area contributed by atoms with Crippen LogP contribution in [0.5, 0.6) is 5.75 Å². The van der Waals surface area contributed by atoms with Gasteiger partial charge < -0.3 is 20.7 Å². The number of carbonyl (C=O) groups is 2. The van der Waals surface area contributed by atoms with Crippen LogP contribution in [-0.2, 0) is 9.59 Å². The number of likely N-dealkylation sites (tertiary alicyclic amines) is 1. The summed E-state index contributed by atoms with van der Waals surface area (Å²) in [5.41, 5.74) is 6.30. The Morgan fingerprint density at radius 3 is 2.78 bits per heavy atom. The summed E-state index contributed by atoms with van der Waals surface area (Å²) in [7, 11) is 0. The molecule has 0 bridgehead atoms. The van der Waals surface area contributed by atoms with Gasteiger partial charge in [0.25, 0.3) is 5.91 Å². The second kappa shape index (κ2) is 8.53. The van der Waals surface area contributed by atoms with Gasteiger partial charge in [0.2, 0.25) is 5.91 Å². The van der Waals surface area contributed by atoms with Crippen molar-refractivity contribution in [2.45, 2.75) is 38.6 Å². The molecular weight excluding hydrogens is 294 g/mol. The minimum atomic E-state index is -0.0763. The van der Waals surface area contributed by atoms with Crippen molar-refractivity contribution < 1.29 is 14.3 Å². The Hall–Kier alpha value is -2.08. The number of ether oxygens (including phenoxy) is 1. The molecule has 1 aromatic carbocycles. The molecule has 0 spiro atoms. The average Bonchev–Trinajstić information content (AvgIpc) is 3.05. The summed E-state index contributed by atoms with van der Waals surface area (Å²) in [6.07, 6.45) is 3.16. The standard InChI is InChI=1S/C17H25N3O3/c1-13(18)7-8-16(21)19-14-5-4-6-15(11-14)23-12-17(22)20-9-2-3-10-20/h4-6,11,13H,2-3,7-10,12,18H2,1H3,(H,19,21). The Morgan fingerprint density at radius 1 is 1.35 bits per heavy atom. The summed E-state index contributed by atoms with van der Waals surface area (Å²) < 4.78 is 5.54. The molecule has 1 unspecified atom stereocenters. The minimum absolute atomic E-state index is 0.00650. The maximum atomic E-state index is 11.9. The lowest BCUT2D eigenvalue weighted by Gasteiger charge is -2.15. The Kier molecular flexibility index (Phi) is 6.40. The number of benzene rings is 1. The average molecular weight is 319 g/mol. The quantitative estimate of drug-likeness (QED) is 0.802. The van der Waals surface area contributed by atoms with Crippen LogP contribution in [0, 0.1) is 0 Å². The number of anilines is 1. The molecule has 0 saturated carbocycles. The van der Waals surface area contributed by atoms with Crippen LogP contribution in [0.3, 0.4) is 0 Å². The van der Waals surface area contributed by atoms with E-state index >= 15 is 0 Å². The van der Waals surface area contributed by atoms with Gasteiger partial charge in [-0.2, -0.15) is 0 Å². The number of rotatable bonds is 7. The van der Waals surface area contributed by atoms with E-state index in [0.29, 0.717) is 24.3 Å². The summed E-state index contributed by atoms with van der Waals surface area (Å²) in [5, 5.41) is 2.81. The number of nitrogens with two attached hydrogens (primary N) is 1. The summed E-state index contributed by atoms with van der Waals surface area (Å²) in [4.78, 5) is 25.6. The predicted octanol–water partition coefficient (Wildman–Crippen LogP) is 1.75. The monoisotopic (exact) mass is 319 g/mol. The molecule has 3 N–H and O–H groups in total. The number of nitrogens with zero attached hydrogens (tertiary/aromatic N) is 1. The third kappa shape index (κ3) is 5.90. The maximum absolute atomic E-state index is 11.9. The van der Waals surface area contributed by atoms with Crippen LogP contribution >= 0.6 is 0 Å². The highest BCUT2D eigenvalue weighted by Gasteiger charge is 2.18. The molecule has 0 aliphatic carbocycles. The zero-order valence-corrected chi connectivity index (χ0v) is 13.6. The van der Waals surface area contributed by atoms with E-state index in [1.807, 2.05) is 11.8 Å². The molecule has 1 atom stereocenters. The number of nitrogens with one attached hydrogen (secondary N) is 1. The SMILES string of the molecule is CC(N)CCC(=O)Nc1cccc(OCC(=O)N2CCCC2)c1. The molecule has 2 rings (SSSR count). The Balaban J connectivity index is 1.81. The van der Waals surface area contributed by atoms with E-state index in [4.69, 9.17) is 10.5 Å². The first-order valence-electron chi connectivity index (χ1n) is 8.10. The first-order chi connectivity index (χ1) is 11.0. The van der Waals surface area contributed by atoms with Crippen LogP contribution in [0.2, 0.25) is 0 Å². The molecule has 2 amide bonds. The first-order valence-corrected chi connectivity index (χ1v) is 8.10. The van der Waals surface area contributed by atoms with Gasteiger partial charge in [-0.15, -0.1) is 0 Å². The second-order valence-electron chi connectivity index (χ2n) is 5.97. The molecule has 0 aromatic heterocycles. The van der Waals surface area contributed by atoms with Crippen molar-refractivity contribution in [1.82, 2.24) is 4.90 Å². The molecule has 1 heterocycles. The molecule has 1 saturated heterocycles. The van der Waals surface area contributed by atoms with Gasteiger partial charge in [-0.3, -0.25) is 9.59 Å². The van der Waals surface area contributed by atoms with Gasteiger partial charge in [-0.1, -0.05) is 6.07 Å². The molecule has 6 heteroatoms. The summed E-state index contributed by atoms with van der Waals surface area (Å²) in [6, 6.07) is 7.08. The lowest BCUT2D eigenvalue weighted by molar-refractivity contribution is -0.132. The van der Waals surface area contributed by atoms with Gasteiger partial charge in [0.1, 0.15) is 5.75 Å². The van der Waals surface area contributed by atoms with E-state index in [0.717, 1.165) is 25.9 Å². The molecule has 1 aromatic rings. The van der Waals surface area contributed by atoms with Gasteiger partial charge in [-0.05, 0) is 38.3 Å². The molecule has 1 aliphatic rings. The van der Waals surface area contributed by atoms with Crippen LogP contribution in [0.25, 0.3) is 0 Å². The highest BCUT2D eigenvalue weighted by molar-refractivity contribution is 5.90. The second-order valence-corrected chi connectivity index (χ2v) is 5.97. The molecular formula is C17H25N3O3. The van der Waals surface area contributed by atoms with Crippen LogP contribution in [-0.4, -0.2) is 42.5 Å². The fourth-order valence-electron chi connectivity index (χ4n) is 2.45. The lowest BCUT2D eigenvalue weighted by atomic mass is 10.2. The van der Waals surface area contributed by atoms with Crippen LogP contribution < -0.4 is 15.8 Å². The third-order valence-corrected chi connectivity index (χ3v) is 3.77. The number of hydrogen-bond acceptors (Lipinski definition) is 4. The molecule has 6 nitrogen and oxygen atoms in total. The summed E-state index contributed by atoms with van der Waals surface area (Å²) in [5.74, 6) is 0.504. The largest absolute Gasteiger partial charge is 0.484 e. The highest BCUT2D eigenvalue weighted by atomic mass is 16.5. The molecule has 126 valence electrons. The Labute approximate surface area is 137 Å². The van der Waals surface area contributed by atoms with E-state index < -0.39 is 0 Å². The normalized spacial score (nSPS) is 15.3. The number of carbonyl (C=O) groups excluding carboxylic acids is 2. The lowest BCUT2D eigenvalue weighted by Crippen LogP contribution is -2.32. The smallest absolute Gasteiger partial charge is 0.260 e. The van der Waals surface area contributed by atoms with Crippen LogP contribution in [0.4, 0.5) is 5.69 Å². The predicted molar refractivity (Wildman–Crippen MR) is 89.3 cm³/mol.